The summed E-state index contributed by atoms with van der Waals surface area (Å²) in [5.41, 5.74) is 0.369. The van der Waals surface area contributed by atoms with Gasteiger partial charge in [-0.25, -0.2) is 4.39 Å². The lowest BCUT2D eigenvalue weighted by atomic mass is 10.1. The summed E-state index contributed by atoms with van der Waals surface area (Å²) in [5, 5.41) is 11.2. The van der Waals surface area contributed by atoms with Crippen LogP contribution in [0.2, 0.25) is 0 Å². The maximum absolute atomic E-state index is 13.3. The molecule has 6 heteroatoms. The van der Waals surface area contributed by atoms with Crippen LogP contribution in [0.1, 0.15) is 23.7 Å². The molecule has 1 rings (SSSR count). The Labute approximate surface area is 115 Å². The van der Waals surface area contributed by atoms with Crippen molar-refractivity contribution in [2.45, 2.75) is 18.2 Å². The van der Waals surface area contributed by atoms with E-state index in [0.29, 0.717) is 10.5 Å². The number of carbonyl (C=O) groups is 2. The van der Waals surface area contributed by atoms with E-state index in [0.717, 1.165) is 0 Å². The van der Waals surface area contributed by atoms with E-state index >= 15 is 0 Å². The number of aliphatic carboxylic acids is 1. The van der Waals surface area contributed by atoms with Gasteiger partial charge in [-0.2, -0.15) is 0 Å². The van der Waals surface area contributed by atoms with E-state index < -0.39 is 5.97 Å². The molecule has 1 atom stereocenters. The van der Waals surface area contributed by atoms with E-state index in [1.807, 2.05) is 0 Å². The summed E-state index contributed by atoms with van der Waals surface area (Å²) in [6.07, 6.45) is 1.73. The number of carbonyl (C=O) groups excluding carboxylic acids is 1. The van der Waals surface area contributed by atoms with E-state index in [9.17, 15) is 14.0 Å². The van der Waals surface area contributed by atoms with Gasteiger partial charge in [-0.3, -0.25) is 9.59 Å². The molecule has 0 saturated carbocycles. The van der Waals surface area contributed by atoms with Crippen LogP contribution in [0.4, 0.5) is 4.39 Å². The molecule has 0 aliphatic heterocycles. The third-order valence-electron chi connectivity index (χ3n) is 2.55. The zero-order valence-corrected chi connectivity index (χ0v) is 11.6. The number of thioether (sulfide) groups is 1. The van der Waals surface area contributed by atoms with Crippen LogP contribution in [0.15, 0.2) is 23.1 Å². The predicted molar refractivity (Wildman–Crippen MR) is 71.9 cm³/mol. The SMILES string of the molecule is CSc1cc(C(=O)NCC(C)CC(=O)O)ccc1F. The van der Waals surface area contributed by atoms with Crippen molar-refractivity contribution < 1.29 is 19.1 Å². The van der Waals surface area contributed by atoms with Crippen LogP contribution >= 0.6 is 11.8 Å². The molecule has 0 aromatic heterocycles. The molecule has 0 aliphatic carbocycles. The molecule has 1 aromatic rings. The fourth-order valence-corrected chi connectivity index (χ4v) is 2.05. The zero-order valence-electron chi connectivity index (χ0n) is 10.8. The van der Waals surface area contributed by atoms with Gasteiger partial charge in [0.25, 0.3) is 5.91 Å². The molecule has 0 spiro atoms. The van der Waals surface area contributed by atoms with Gasteiger partial charge in [0, 0.05) is 23.4 Å². The first-order valence-electron chi connectivity index (χ1n) is 5.77. The maximum Gasteiger partial charge on any atom is 0.303 e. The Morgan fingerprint density at radius 3 is 2.74 bits per heavy atom. The van der Waals surface area contributed by atoms with Crippen LogP contribution < -0.4 is 5.32 Å². The molecule has 1 aromatic carbocycles. The Bertz CT molecular complexity index is 479. The quantitative estimate of drug-likeness (QED) is 0.788. The van der Waals surface area contributed by atoms with Crippen LogP contribution in [0, 0.1) is 11.7 Å². The molecule has 0 radical (unpaired) electrons. The number of rotatable bonds is 6. The Morgan fingerprint density at radius 1 is 1.47 bits per heavy atom. The van der Waals surface area contributed by atoms with Crippen LogP contribution in [-0.2, 0) is 4.79 Å². The fraction of sp³-hybridized carbons (Fsp3) is 0.385. The molecule has 2 N–H and O–H groups in total. The van der Waals surface area contributed by atoms with Gasteiger partial charge in [-0.15, -0.1) is 11.8 Å². The number of nitrogens with one attached hydrogen (secondary N) is 1. The van der Waals surface area contributed by atoms with Crippen LogP contribution in [0.25, 0.3) is 0 Å². The summed E-state index contributed by atoms with van der Waals surface area (Å²) >= 11 is 1.23. The van der Waals surface area contributed by atoms with E-state index in [4.69, 9.17) is 5.11 Å². The molecule has 104 valence electrons. The molecule has 1 unspecified atom stereocenters. The first kappa shape index (κ1) is 15.5. The highest BCUT2D eigenvalue weighted by molar-refractivity contribution is 7.98. The molecular formula is C13H16FNO3S. The van der Waals surface area contributed by atoms with Gasteiger partial charge < -0.3 is 10.4 Å². The topological polar surface area (TPSA) is 66.4 Å². The number of carboxylic acid groups (broad SMARTS) is 1. The van der Waals surface area contributed by atoms with Gasteiger partial charge in [0.15, 0.2) is 0 Å². The summed E-state index contributed by atoms with van der Waals surface area (Å²) < 4.78 is 13.3. The largest absolute Gasteiger partial charge is 0.481 e. The van der Waals surface area contributed by atoms with Gasteiger partial charge in [-0.05, 0) is 30.4 Å². The third kappa shape index (κ3) is 4.90. The van der Waals surface area contributed by atoms with Gasteiger partial charge in [0.05, 0.1) is 0 Å². The molecule has 19 heavy (non-hydrogen) atoms. The van der Waals surface area contributed by atoms with Crippen LogP contribution in [0.3, 0.4) is 0 Å². The minimum atomic E-state index is -0.895. The second-order valence-corrected chi connectivity index (χ2v) is 5.11. The van der Waals surface area contributed by atoms with Crippen molar-refractivity contribution >= 4 is 23.6 Å². The number of amides is 1. The van der Waals surface area contributed by atoms with E-state index in [1.165, 1.54) is 30.0 Å². The molecule has 4 nitrogen and oxygen atoms in total. The van der Waals surface area contributed by atoms with Crippen LogP contribution in [0.5, 0.6) is 0 Å². The lowest BCUT2D eigenvalue weighted by Gasteiger charge is -2.11. The third-order valence-corrected chi connectivity index (χ3v) is 3.30. The maximum atomic E-state index is 13.3. The normalized spacial score (nSPS) is 11.9. The first-order chi connectivity index (χ1) is 8.93. The lowest BCUT2D eigenvalue weighted by Crippen LogP contribution is -2.29. The smallest absolute Gasteiger partial charge is 0.303 e. The Kier molecular flexibility index (Phi) is 5.82. The highest BCUT2D eigenvalue weighted by Crippen LogP contribution is 2.20. The molecule has 0 fully saturated rings. The number of hydrogen-bond donors (Lipinski definition) is 2. The fourth-order valence-electron chi connectivity index (χ4n) is 1.54. The summed E-state index contributed by atoms with van der Waals surface area (Å²) in [6.45, 7) is 2.02. The van der Waals surface area contributed by atoms with Gasteiger partial charge in [0.2, 0.25) is 0 Å². The number of halogens is 1. The molecule has 0 heterocycles. The molecule has 0 bridgehead atoms. The highest BCUT2D eigenvalue weighted by Gasteiger charge is 2.12. The van der Waals surface area contributed by atoms with Crippen molar-refractivity contribution in [3.8, 4) is 0 Å². The molecule has 0 saturated heterocycles. The molecule has 0 aliphatic rings. The Hall–Kier alpha value is -1.56. The monoisotopic (exact) mass is 285 g/mol. The number of benzene rings is 1. The standard InChI is InChI=1S/C13H16FNO3S/c1-8(5-12(16)17)7-15-13(18)9-3-4-10(14)11(6-9)19-2/h3-4,6,8H,5,7H2,1-2H3,(H,15,18)(H,16,17). The van der Waals surface area contributed by atoms with Gasteiger partial charge in [-0.1, -0.05) is 6.92 Å². The van der Waals surface area contributed by atoms with E-state index in [-0.39, 0.29) is 30.6 Å². The minimum absolute atomic E-state index is 0.000238. The average molecular weight is 285 g/mol. The minimum Gasteiger partial charge on any atom is -0.481 e. The number of hydrogen-bond acceptors (Lipinski definition) is 3. The van der Waals surface area contributed by atoms with E-state index in [2.05, 4.69) is 5.32 Å². The van der Waals surface area contributed by atoms with E-state index in [1.54, 1.807) is 13.2 Å². The highest BCUT2D eigenvalue weighted by atomic mass is 32.2. The summed E-state index contributed by atoms with van der Waals surface area (Å²) in [4.78, 5) is 22.7. The lowest BCUT2D eigenvalue weighted by molar-refractivity contribution is -0.137. The Morgan fingerprint density at radius 2 is 2.16 bits per heavy atom. The Balaban J connectivity index is 2.61. The molecule has 1 amide bonds. The summed E-state index contributed by atoms with van der Waals surface area (Å²) in [5.74, 6) is -1.73. The van der Waals surface area contributed by atoms with Crippen LogP contribution in [-0.4, -0.2) is 29.8 Å². The van der Waals surface area contributed by atoms with Crippen molar-refractivity contribution in [1.29, 1.82) is 0 Å². The van der Waals surface area contributed by atoms with Crippen molar-refractivity contribution in [2.24, 2.45) is 5.92 Å². The van der Waals surface area contributed by atoms with Crippen molar-refractivity contribution in [1.82, 2.24) is 5.32 Å². The number of carboxylic acids is 1. The predicted octanol–water partition coefficient (Wildman–Crippen LogP) is 2.39. The van der Waals surface area contributed by atoms with Crippen molar-refractivity contribution in [3.05, 3.63) is 29.6 Å². The molecular weight excluding hydrogens is 269 g/mol. The second-order valence-electron chi connectivity index (χ2n) is 4.26. The summed E-state index contributed by atoms with van der Waals surface area (Å²) in [7, 11) is 0. The van der Waals surface area contributed by atoms with Gasteiger partial charge in [0.1, 0.15) is 5.82 Å². The summed E-state index contributed by atoms with van der Waals surface area (Å²) in [6, 6.07) is 4.14. The van der Waals surface area contributed by atoms with Crippen molar-refractivity contribution in [2.75, 3.05) is 12.8 Å². The van der Waals surface area contributed by atoms with Gasteiger partial charge >= 0.3 is 5.97 Å². The average Bonchev–Trinajstić information content (AvgIpc) is 2.35. The van der Waals surface area contributed by atoms with Crippen molar-refractivity contribution in [3.63, 3.8) is 0 Å². The zero-order chi connectivity index (χ0) is 14.4. The first-order valence-corrected chi connectivity index (χ1v) is 7.00. The second kappa shape index (κ2) is 7.13.